The molecule has 0 amide bonds. The molecule has 4 rings (SSSR count). The van der Waals surface area contributed by atoms with Crippen molar-refractivity contribution in [3.8, 4) is 6.07 Å². The normalized spacial score (nSPS) is 19.8. The number of hydrogen-bond acceptors (Lipinski definition) is 6. The van der Waals surface area contributed by atoms with Crippen LogP contribution in [-0.2, 0) is 26.2 Å². The Labute approximate surface area is 211 Å². The number of fused-ring (bicyclic) bond motifs is 1. The lowest BCUT2D eigenvalue weighted by Gasteiger charge is -2.47. The summed E-state index contributed by atoms with van der Waals surface area (Å²) in [4.78, 5) is 25.7. The number of alkyl halides is 3. The highest BCUT2D eigenvalue weighted by molar-refractivity contribution is 5.84. The molecule has 1 saturated heterocycles. The van der Waals surface area contributed by atoms with Crippen LogP contribution < -0.4 is 10.6 Å². The molecular formula is C25H29F4N7O. The van der Waals surface area contributed by atoms with E-state index in [9.17, 15) is 27.6 Å². The van der Waals surface area contributed by atoms with Gasteiger partial charge in [0, 0.05) is 44.8 Å². The van der Waals surface area contributed by atoms with Crippen LogP contribution in [0.15, 0.2) is 23.0 Å². The molecule has 0 bridgehead atoms. The number of piperazine rings is 1. The van der Waals surface area contributed by atoms with Crippen molar-refractivity contribution in [2.75, 3.05) is 18.0 Å². The molecule has 3 aromatic rings. The number of anilines is 1. The van der Waals surface area contributed by atoms with E-state index in [2.05, 4.69) is 16.0 Å². The van der Waals surface area contributed by atoms with E-state index in [0.29, 0.717) is 48.5 Å². The zero-order chi connectivity index (χ0) is 27.2. The summed E-state index contributed by atoms with van der Waals surface area (Å²) in [7, 11) is 1.61. The number of aryl methyl sites for hydroxylation is 2. The van der Waals surface area contributed by atoms with Gasteiger partial charge in [0.2, 0.25) is 0 Å². The minimum Gasteiger partial charge on any atom is -0.349 e. The van der Waals surface area contributed by atoms with E-state index in [0.717, 1.165) is 6.07 Å². The molecule has 0 spiro atoms. The molecule has 8 nitrogen and oxygen atoms in total. The quantitative estimate of drug-likeness (QED) is 0.474. The third-order valence-corrected chi connectivity index (χ3v) is 7.17. The molecule has 2 aromatic heterocycles. The van der Waals surface area contributed by atoms with Crippen molar-refractivity contribution in [3.63, 3.8) is 0 Å². The number of rotatable bonds is 5. The van der Waals surface area contributed by atoms with E-state index >= 15 is 0 Å². The van der Waals surface area contributed by atoms with E-state index < -0.39 is 29.3 Å². The van der Waals surface area contributed by atoms with Gasteiger partial charge in [-0.25, -0.2) is 14.2 Å². The number of halogens is 4. The summed E-state index contributed by atoms with van der Waals surface area (Å²) in [6.45, 7) is 8.69. The second kappa shape index (κ2) is 9.78. The molecule has 1 aliphatic heterocycles. The van der Waals surface area contributed by atoms with Gasteiger partial charge in [0.1, 0.15) is 22.8 Å². The van der Waals surface area contributed by atoms with Gasteiger partial charge in [-0.3, -0.25) is 9.47 Å². The molecule has 1 unspecified atom stereocenters. The average molecular weight is 520 g/mol. The maximum atomic E-state index is 13.7. The summed E-state index contributed by atoms with van der Waals surface area (Å²) in [6.07, 6.45) is -4.60. The Hall–Kier alpha value is -3.46. The third-order valence-electron chi connectivity index (χ3n) is 7.17. The van der Waals surface area contributed by atoms with E-state index in [4.69, 9.17) is 0 Å². The van der Waals surface area contributed by atoms with Crippen LogP contribution in [0.2, 0.25) is 0 Å². The predicted octanol–water partition coefficient (Wildman–Crippen LogP) is 4.03. The standard InChI is InChI=1S/C25H29F4N7O/c1-6-34-20(9-10-30)31-21-22(32-24(37)33(5)23(21)34)36-13-14(2)35(12-15(36)3)16(4)18-8-7-17(26)11-19(18)25(27,28)29/h7-8,11,14-16H,6,9,12-13H2,1-5H3/t14-,15+,16?/m1/s1. The molecule has 12 heteroatoms. The molecule has 0 N–H and O–H groups in total. The first-order valence-corrected chi connectivity index (χ1v) is 12.1. The van der Waals surface area contributed by atoms with Gasteiger partial charge >= 0.3 is 11.9 Å². The number of nitrogens with zero attached hydrogens (tertiary/aromatic N) is 7. The van der Waals surface area contributed by atoms with Gasteiger partial charge in [-0.1, -0.05) is 6.07 Å². The second-order valence-corrected chi connectivity index (χ2v) is 9.51. The molecule has 1 aliphatic rings. The summed E-state index contributed by atoms with van der Waals surface area (Å²) in [5.74, 6) is -0.000325. The lowest BCUT2D eigenvalue weighted by molar-refractivity contribution is -0.139. The fourth-order valence-corrected chi connectivity index (χ4v) is 5.33. The number of nitriles is 1. The Morgan fingerprint density at radius 1 is 1.19 bits per heavy atom. The highest BCUT2D eigenvalue weighted by Gasteiger charge is 2.39. The average Bonchev–Trinajstić information content (AvgIpc) is 3.20. The zero-order valence-corrected chi connectivity index (χ0v) is 21.3. The second-order valence-electron chi connectivity index (χ2n) is 9.51. The number of benzene rings is 1. The maximum absolute atomic E-state index is 13.7. The van der Waals surface area contributed by atoms with Crippen LogP contribution >= 0.6 is 0 Å². The summed E-state index contributed by atoms with van der Waals surface area (Å²) >= 11 is 0. The van der Waals surface area contributed by atoms with Crippen LogP contribution in [0.3, 0.4) is 0 Å². The van der Waals surface area contributed by atoms with Crippen molar-refractivity contribution >= 4 is 17.0 Å². The van der Waals surface area contributed by atoms with Crippen molar-refractivity contribution in [2.24, 2.45) is 7.05 Å². The Balaban J connectivity index is 1.72. The monoisotopic (exact) mass is 519 g/mol. The first-order valence-electron chi connectivity index (χ1n) is 12.1. The smallest absolute Gasteiger partial charge is 0.349 e. The van der Waals surface area contributed by atoms with Gasteiger partial charge in [-0.15, -0.1) is 0 Å². The predicted molar refractivity (Wildman–Crippen MR) is 131 cm³/mol. The highest BCUT2D eigenvalue weighted by atomic mass is 19.4. The maximum Gasteiger partial charge on any atom is 0.416 e. The van der Waals surface area contributed by atoms with Gasteiger partial charge < -0.3 is 9.47 Å². The van der Waals surface area contributed by atoms with E-state index in [1.165, 1.54) is 10.6 Å². The lowest BCUT2D eigenvalue weighted by atomic mass is 9.96. The summed E-state index contributed by atoms with van der Waals surface area (Å²) in [6, 6.07) is 3.83. The van der Waals surface area contributed by atoms with Crippen LogP contribution in [0.1, 0.15) is 50.7 Å². The van der Waals surface area contributed by atoms with E-state index in [1.54, 1.807) is 14.0 Å². The summed E-state index contributed by atoms with van der Waals surface area (Å²) < 4.78 is 58.0. The topological polar surface area (TPSA) is 83.0 Å². The molecule has 0 aliphatic carbocycles. The van der Waals surface area contributed by atoms with Crippen LogP contribution in [0.5, 0.6) is 0 Å². The van der Waals surface area contributed by atoms with Gasteiger partial charge in [0.15, 0.2) is 5.82 Å². The van der Waals surface area contributed by atoms with E-state index in [-0.39, 0.29) is 24.1 Å². The Kier molecular flexibility index (Phi) is 7.03. The molecule has 37 heavy (non-hydrogen) atoms. The highest BCUT2D eigenvalue weighted by Crippen LogP contribution is 2.39. The molecule has 3 atom stereocenters. The first-order chi connectivity index (χ1) is 17.4. The van der Waals surface area contributed by atoms with Crippen molar-refractivity contribution in [3.05, 3.63) is 51.5 Å². The fourth-order valence-electron chi connectivity index (χ4n) is 5.33. The lowest BCUT2D eigenvalue weighted by Crippen LogP contribution is -2.57. The van der Waals surface area contributed by atoms with Crippen LogP contribution in [0, 0.1) is 17.1 Å². The Morgan fingerprint density at radius 2 is 1.89 bits per heavy atom. The van der Waals surface area contributed by atoms with Gasteiger partial charge in [-0.05, 0) is 45.4 Å². The summed E-state index contributed by atoms with van der Waals surface area (Å²) in [5.41, 5.74) is -0.352. The largest absolute Gasteiger partial charge is 0.416 e. The minimum atomic E-state index is -4.68. The summed E-state index contributed by atoms with van der Waals surface area (Å²) in [5, 5.41) is 9.25. The number of aromatic nitrogens is 4. The van der Waals surface area contributed by atoms with E-state index in [1.807, 2.05) is 35.1 Å². The molecule has 0 radical (unpaired) electrons. The number of hydrogen-bond donors (Lipinski definition) is 0. The Bertz CT molecular complexity index is 1420. The van der Waals surface area contributed by atoms with Gasteiger partial charge in [0.25, 0.3) is 0 Å². The molecule has 3 heterocycles. The number of imidazole rings is 1. The first kappa shape index (κ1) is 26.6. The molecule has 0 saturated carbocycles. The van der Waals surface area contributed by atoms with Gasteiger partial charge in [-0.2, -0.15) is 23.4 Å². The Morgan fingerprint density at radius 3 is 2.51 bits per heavy atom. The van der Waals surface area contributed by atoms with Crippen LogP contribution in [0.4, 0.5) is 23.4 Å². The van der Waals surface area contributed by atoms with Gasteiger partial charge in [0.05, 0.1) is 18.1 Å². The SMILES string of the molecule is CCn1c(CC#N)nc2c(N3C[C@@H](C)N(C(C)c4ccc(F)cc4C(F)(F)F)C[C@@H]3C)nc(=O)n(C)c21. The van der Waals surface area contributed by atoms with Crippen molar-refractivity contribution in [1.29, 1.82) is 5.26 Å². The molecule has 1 fully saturated rings. The molecular weight excluding hydrogens is 490 g/mol. The van der Waals surface area contributed by atoms with Crippen LogP contribution in [0.25, 0.3) is 11.2 Å². The third kappa shape index (κ3) is 4.68. The molecule has 1 aromatic carbocycles. The fraction of sp³-hybridized carbons (Fsp3) is 0.520. The zero-order valence-electron chi connectivity index (χ0n) is 21.3. The van der Waals surface area contributed by atoms with Crippen molar-refractivity contribution < 1.29 is 17.6 Å². The molecule has 198 valence electrons. The van der Waals surface area contributed by atoms with Crippen molar-refractivity contribution in [2.45, 2.75) is 65.0 Å². The minimum absolute atomic E-state index is 0.0123. The van der Waals surface area contributed by atoms with Crippen molar-refractivity contribution in [1.82, 2.24) is 24.0 Å². The van der Waals surface area contributed by atoms with Crippen LogP contribution in [-0.4, -0.2) is 49.2 Å².